The second-order valence-corrected chi connectivity index (χ2v) is 7.12. The minimum atomic E-state index is -2.70. The van der Waals surface area contributed by atoms with E-state index in [0.29, 0.717) is 52.0 Å². The molecule has 5 rings (SSSR count). The molecule has 10 heteroatoms. The molecule has 0 atom stereocenters. The molecule has 2 aromatic heterocycles. The molecule has 2 aromatic carbocycles. The van der Waals surface area contributed by atoms with Crippen LogP contribution < -0.4 is 14.8 Å². The number of ether oxygens (including phenoxy) is 2. The van der Waals surface area contributed by atoms with Gasteiger partial charge in [0.05, 0.1) is 21.3 Å². The van der Waals surface area contributed by atoms with E-state index in [9.17, 15) is 13.6 Å². The fourth-order valence-electron chi connectivity index (χ4n) is 2.96. The van der Waals surface area contributed by atoms with Crippen molar-refractivity contribution in [2.45, 2.75) is 6.43 Å². The molecule has 1 amide bonds. The van der Waals surface area contributed by atoms with Crippen molar-refractivity contribution in [3.8, 4) is 11.5 Å². The molecule has 4 aromatic rings. The van der Waals surface area contributed by atoms with Gasteiger partial charge in [-0.2, -0.15) is 0 Å². The highest BCUT2D eigenvalue weighted by Crippen LogP contribution is 2.38. The lowest BCUT2D eigenvalue weighted by Crippen LogP contribution is -2.15. The molecule has 3 heterocycles. The van der Waals surface area contributed by atoms with Crippen molar-refractivity contribution >= 4 is 43.6 Å². The van der Waals surface area contributed by atoms with Crippen LogP contribution in [0.1, 0.15) is 22.6 Å². The number of thiazole rings is 1. The van der Waals surface area contributed by atoms with E-state index < -0.39 is 18.2 Å². The number of rotatable bonds is 3. The van der Waals surface area contributed by atoms with E-state index in [1.165, 1.54) is 29.5 Å². The molecule has 0 bridgehead atoms. The molecule has 0 unspecified atom stereocenters. The number of carbonyl (C=O) groups is 1. The van der Waals surface area contributed by atoms with Gasteiger partial charge in [0, 0.05) is 17.7 Å². The lowest BCUT2D eigenvalue weighted by molar-refractivity contribution is 0.102. The van der Waals surface area contributed by atoms with Gasteiger partial charge < -0.3 is 14.5 Å². The van der Waals surface area contributed by atoms with Gasteiger partial charge in [-0.15, -0.1) is 0 Å². The van der Waals surface area contributed by atoms with Crippen molar-refractivity contribution in [2.75, 3.05) is 18.5 Å². The molecule has 0 aliphatic carbocycles. The SMILES string of the molecule is O=C(Nc1nc2cc3c(cc2s1)OCCO3)c1ccc2nc(C(F)F)[nH]c2c1. The number of fused-ring (bicyclic) bond motifs is 3. The van der Waals surface area contributed by atoms with Crippen molar-refractivity contribution in [3.63, 3.8) is 0 Å². The molecule has 0 saturated heterocycles. The molecule has 28 heavy (non-hydrogen) atoms. The molecule has 1 aliphatic rings. The number of anilines is 1. The first kappa shape index (κ1) is 16.9. The first-order chi connectivity index (χ1) is 13.6. The first-order valence-electron chi connectivity index (χ1n) is 8.36. The fourth-order valence-corrected chi connectivity index (χ4v) is 3.83. The number of imidazole rings is 1. The Morgan fingerprint density at radius 3 is 2.68 bits per heavy atom. The third-order valence-corrected chi connectivity index (χ3v) is 5.18. The minimum absolute atomic E-state index is 0.308. The topological polar surface area (TPSA) is 89.1 Å². The van der Waals surface area contributed by atoms with Crippen molar-refractivity contribution < 1.29 is 23.0 Å². The highest BCUT2D eigenvalue weighted by Gasteiger charge is 2.17. The average molecular weight is 402 g/mol. The van der Waals surface area contributed by atoms with Crippen LogP contribution in [0.5, 0.6) is 11.5 Å². The average Bonchev–Trinajstić information content (AvgIpc) is 3.28. The Hall–Kier alpha value is -3.27. The maximum Gasteiger partial charge on any atom is 0.295 e. The predicted molar refractivity (Wildman–Crippen MR) is 99.6 cm³/mol. The summed E-state index contributed by atoms with van der Waals surface area (Å²) in [5.41, 5.74) is 1.74. The van der Waals surface area contributed by atoms with Crippen molar-refractivity contribution in [2.24, 2.45) is 0 Å². The first-order valence-corrected chi connectivity index (χ1v) is 9.18. The zero-order valence-corrected chi connectivity index (χ0v) is 15.0. The molecule has 0 saturated carbocycles. The third kappa shape index (κ3) is 2.91. The highest BCUT2D eigenvalue weighted by molar-refractivity contribution is 7.22. The quantitative estimate of drug-likeness (QED) is 0.538. The summed E-state index contributed by atoms with van der Waals surface area (Å²) >= 11 is 1.31. The van der Waals surface area contributed by atoms with Crippen LogP contribution in [-0.2, 0) is 0 Å². The van der Waals surface area contributed by atoms with Gasteiger partial charge >= 0.3 is 0 Å². The predicted octanol–water partition coefficient (Wildman–Crippen LogP) is 4.13. The second kappa shape index (κ2) is 6.41. The Morgan fingerprint density at radius 1 is 1.11 bits per heavy atom. The van der Waals surface area contributed by atoms with Crippen molar-refractivity contribution in [1.29, 1.82) is 0 Å². The largest absolute Gasteiger partial charge is 0.486 e. The van der Waals surface area contributed by atoms with Gasteiger partial charge in [-0.1, -0.05) is 11.3 Å². The van der Waals surface area contributed by atoms with E-state index in [1.807, 2.05) is 6.07 Å². The summed E-state index contributed by atoms with van der Waals surface area (Å²) in [5, 5.41) is 3.15. The second-order valence-electron chi connectivity index (χ2n) is 6.09. The maximum absolute atomic E-state index is 12.8. The number of carbonyl (C=O) groups excluding carboxylic acids is 1. The lowest BCUT2D eigenvalue weighted by Gasteiger charge is -2.17. The van der Waals surface area contributed by atoms with Crippen LogP contribution in [0.2, 0.25) is 0 Å². The summed E-state index contributed by atoms with van der Waals surface area (Å²) in [7, 11) is 0. The molecular formula is C18H12F2N4O3S. The van der Waals surface area contributed by atoms with Crippen molar-refractivity contribution in [1.82, 2.24) is 15.0 Å². The Labute approximate surface area is 160 Å². The zero-order chi connectivity index (χ0) is 19.3. The standard InChI is InChI=1S/C18H12F2N4O3S/c19-15(20)16-21-9-2-1-8(5-10(9)22-16)17(25)24-18-23-11-6-12-13(7-14(11)28-18)27-4-3-26-12/h1-2,5-7,15H,3-4H2,(H,21,22)(H,23,24,25). The number of nitrogens with one attached hydrogen (secondary N) is 2. The van der Waals surface area contributed by atoms with Gasteiger partial charge in [0.25, 0.3) is 12.3 Å². The maximum atomic E-state index is 12.8. The summed E-state index contributed by atoms with van der Waals surface area (Å²) < 4.78 is 37.5. The van der Waals surface area contributed by atoms with Gasteiger partial charge in [-0.25, -0.2) is 18.7 Å². The number of halogens is 2. The van der Waals surface area contributed by atoms with E-state index in [-0.39, 0.29) is 0 Å². The number of H-pyrrole nitrogens is 1. The third-order valence-electron chi connectivity index (χ3n) is 4.24. The summed E-state index contributed by atoms with van der Waals surface area (Å²) in [6.07, 6.45) is -2.70. The van der Waals surface area contributed by atoms with E-state index in [4.69, 9.17) is 9.47 Å². The van der Waals surface area contributed by atoms with E-state index in [0.717, 1.165) is 4.70 Å². The Kier molecular flexibility index (Phi) is 3.86. The van der Waals surface area contributed by atoms with Gasteiger partial charge in [0.2, 0.25) is 0 Å². The van der Waals surface area contributed by atoms with E-state index in [1.54, 1.807) is 6.07 Å². The monoisotopic (exact) mass is 402 g/mol. The number of amides is 1. The summed E-state index contributed by atoms with van der Waals surface area (Å²) in [5.74, 6) is 0.458. The van der Waals surface area contributed by atoms with Crippen LogP contribution >= 0.6 is 11.3 Å². The molecule has 0 radical (unpaired) electrons. The van der Waals surface area contributed by atoms with Gasteiger partial charge in [0.15, 0.2) is 22.5 Å². The number of alkyl halides is 2. The van der Waals surface area contributed by atoms with Gasteiger partial charge in [0.1, 0.15) is 13.2 Å². The normalized spacial score (nSPS) is 13.4. The van der Waals surface area contributed by atoms with E-state index >= 15 is 0 Å². The zero-order valence-electron chi connectivity index (χ0n) is 14.2. The van der Waals surface area contributed by atoms with E-state index in [2.05, 4.69) is 20.3 Å². The number of aromatic amines is 1. The number of hydrogen-bond donors (Lipinski definition) is 2. The minimum Gasteiger partial charge on any atom is -0.486 e. The molecule has 0 spiro atoms. The summed E-state index contributed by atoms with van der Waals surface area (Å²) in [6.45, 7) is 0.972. The van der Waals surface area contributed by atoms with Crippen LogP contribution in [0.3, 0.4) is 0 Å². The van der Waals surface area contributed by atoms with Gasteiger partial charge in [-0.3, -0.25) is 10.1 Å². The molecule has 7 nitrogen and oxygen atoms in total. The van der Waals surface area contributed by atoms with Crippen LogP contribution in [0.25, 0.3) is 21.3 Å². The molecule has 1 aliphatic heterocycles. The number of benzene rings is 2. The molecular weight excluding hydrogens is 390 g/mol. The smallest absolute Gasteiger partial charge is 0.295 e. The van der Waals surface area contributed by atoms with Crippen LogP contribution in [0, 0.1) is 0 Å². The molecule has 0 fully saturated rings. The number of aromatic nitrogens is 3. The Morgan fingerprint density at radius 2 is 1.89 bits per heavy atom. The Balaban J connectivity index is 1.42. The van der Waals surface area contributed by atoms with Crippen LogP contribution in [0.15, 0.2) is 30.3 Å². The highest BCUT2D eigenvalue weighted by atomic mass is 32.1. The summed E-state index contributed by atoms with van der Waals surface area (Å²) in [6, 6.07) is 8.14. The molecule has 142 valence electrons. The lowest BCUT2D eigenvalue weighted by atomic mass is 10.2. The van der Waals surface area contributed by atoms with Crippen LogP contribution in [0.4, 0.5) is 13.9 Å². The fraction of sp³-hybridized carbons (Fsp3) is 0.167. The number of hydrogen-bond acceptors (Lipinski definition) is 6. The van der Waals surface area contributed by atoms with Crippen LogP contribution in [-0.4, -0.2) is 34.1 Å². The Bertz CT molecular complexity index is 1180. The van der Waals surface area contributed by atoms with Gasteiger partial charge in [-0.05, 0) is 18.2 Å². The number of nitrogens with zero attached hydrogens (tertiary/aromatic N) is 2. The van der Waals surface area contributed by atoms with Crippen molar-refractivity contribution in [3.05, 3.63) is 41.7 Å². The summed E-state index contributed by atoms with van der Waals surface area (Å²) in [4.78, 5) is 23.3. The molecule has 2 N–H and O–H groups in total.